The Morgan fingerprint density at radius 1 is 0.578 bits per heavy atom. The minimum Gasteiger partial charge on any atom is -0.394 e. The van der Waals surface area contributed by atoms with E-state index >= 15 is 0 Å². The molecule has 0 bridgehead atoms. The highest BCUT2D eigenvalue weighted by molar-refractivity contribution is 5.15. The smallest absolute Gasteiger partial charge is 0.187 e. The predicted molar refractivity (Wildman–Crippen MR) is 160 cm³/mol. The van der Waals surface area contributed by atoms with E-state index in [1.165, 1.54) is 7.11 Å². The summed E-state index contributed by atoms with van der Waals surface area (Å²) in [4.78, 5) is 0. The van der Waals surface area contributed by atoms with E-state index in [9.17, 15) is 20.4 Å². The van der Waals surface area contributed by atoms with Crippen LogP contribution in [0.5, 0.6) is 0 Å². The van der Waals surface area contributed by atoms with E-state index < -0.39 is 68.0 Å². The van der Waals surface area contributed by atoms with Crippen molar-refractivity contribution < 1.29 is 53.6 Å². The summed E-state index contributed by atoms with van der Waals surface area (Å²) in [6.45, 7) is 0.326. The van der Waals surface area contributed by atoms with Gasteiger partial charge in [0.05, 0.1) is 33.0 Å². The lowest BCUT2D eigenvalue weighted by atomic mass is 9.96. The molecule has 0 aromatic heterocycles. The van der Waals surface area contributed by atoms with E-state index in [4.69, 9.17) is 33.2 Å². The summed E-state index contributed by atoms with van der Waals surface area (Å²) >= 11 is 0. The number of methoxy groups -OCH3 is 1. The molecule has 2 saturated heterocycles. The summed E-state index contributed by atoms with van der Waals surface area (Å²) in [6, 6.07) is 29.0. The van der Waals surface area contributed by atoms with Crippen molar-refractivity contribution in [1.82, 2.24) is 0 Å². The molecule has 45 heavy (non-hydrogen) atoms. The molecule has 4 N–H and O–H groups in total. The second-order valence-electron chi connectivity index (χ2n) is 11.1. The first-order valence-electron chi connectivity index (χ1n) is 15.1. The Hall–Kier alpha value is -2.78. The fourth-order valence-corrected chi connectivity index (χ4v) is 5.47. The Balaban J connectivity index is 1.42. The van der Waals surface area contributed by atoms with E-state index in [0.717, 1.165) is 16.7 Å². The normalized spacial score (nSPS) is 31.9. The van der Waals surface area contributed by atoms with Crippen LogP contribution >= 0.6 is 0 Å². The van der Waals surface area contributed by atoms with Gasteiger partial charge in [0.15, 0.2) is 12.6 Å². The molecule has 0 amide bonds. The van der Waals surface area contributed by atoms with Crippen molar-refractivity contribution in [2.45, 2.75) is 81.2 Å². The van der Waals surface area contributed by atoms with Crippen LogP contribution < -0.4 is 0 Å². The van der Waals surface area contributed by atoms with E-state index in [-0.39, 0.29) is 19.8 Å². The maximum atomic E-state index is 10.8. The van der Waals surface area contributed by atoms with Gasteiger partial charge >= 0.3 is 0 Å². The molecule has 2 fully saturated rings. The van der Waals surface area contributed by atoms with Gasteiger partial charge in [-0.05, 0) is 16.7 Å². The Kier molecular flexibility index (Phi) is 12.4. The molecule has 10 atom stereocenters. The highest BCUT2D eigenvalue weighted by Gasteiger charge is 2.52. The molecule has 2 aliphatic rings. The number of aliphatic hydroxyl groups is 4. The van der Waals surface area contributed by atoms with Gasteiger partial charge in [0.1, 0.15) is 48.8 Å². The van der Waals surface area contributed by atoms with Crippen molar-refractivity contribution >= 4 is 0 Å². The summed E-state index contributed by atoms with van der Waals surface area (Å²) in [6.07, 6.45) is -11.7. The molecule has 5 rings (SSSR count). The molecule has 244 valence electrons. The highest BCUT2D eigenvalue weighted by Crippen LogP contribution is 2.33. The molecule has 3 aromatic carbocycles. The molecule has 0 radical (unpaired) electrons. The third kappa shape index (κ3) is 8.73. The second kappa shape index (κ2) is 16.7. The van der Waals surface area contributed by atoms with Crippen LogP contribution in [0.25, 0.3) is 0 Å². The maximum Gasteiger partial charge on any atom is 0.187 e. The lowest BCUT2D eigenvalue weighted by molar-refractivity contribution is -0.372. The fraction of sp³-hybridized carbons (Fsp3) is 0.471. The van der Waals surface area contributed by atoms with E-state index in [1.807, 2.05) is 91.0 Å². The number of hydrogen-bond donors (Lipinski definition) is 4. The number of benzene rings is 3. The maximum absolute atomic E-state index is 10.8. The van der Waals surface area contributed by atoms with Crippen molar-refractivity contribution in [1.29, 1.82) is 0 Å². The van der Waals surface area contributed by atoms with Gasteiger partial charge in [-0.2, -0.15) is 0 Å². The molecule has 11 nitrogen and oxygen atoms in total. The van der Waals surface area contributed by atoms with Gasteiger partial charge < -0.3 is 53.6 Å². The van der Waals surface area contributed by atoms with Crippen LogP contribution in [0.15, 0.2) is 91.0 Å². The summed E-state index contributed by atoms with van der Waals surface area (Å²) < 4.78 is 43.2. The van der Waals surface area contributed by atoms with Gasteiger partial charge in [-0.3, -0.25) is 0 Å². The van der Waals surface area contributed by atoms with Crippen LogP contribution in [-0.2, 0) is 53.0 Å². The monoisotopic (exact) mass is 626 g/mol. The lowest BCUT2D eigenvalue weighted by Crippen LogP contribution is -2.65. The largest absolute Gasteiger partial charge is 0.394 e. The van der Waals surface area contributed by atoms with Crippen LogP contribution in [0.4, 0.5) is 0 Å². The standard InChI is InChI=1S/C34H42O11/c1-39-34-32(45-33-29(38)28(37)27(36)25(17-35)43-33)31(42-20-24-15-9-4-10-16-24)30(41-19-23-13-7-3-8-14-23)26(44-34)21-40-18-22-11-5-2-6-12-22/h2-16,25-38H,17-21H2,1H3. The zero-order valence-corrected chi connectivity index (χ0v) is 25.1. The molecule has 10 unspecified atom stereocenters. The fourth-order valence-electron chi connectivity index (χ4n) is 5.47. The Morgan fingerprint density at radius 2 is 1.09 bits per heavy atom. The molecule has 3 aromatic rings. The van der Waals surface area contributed by atoms with Crippen molar-refractivity contribution in [2.24, 2.45) is 0 Å². The van der Waals surface area contributed by atoms with E-state index in [1.54, 1.807) is 0 Å². The first-order chi connectivity index (χ1) is 22.0. The molecule has 2 aliphatic heterocycles. The number of ether oxygens (including phenoxy) is 7. The summed E-state index contributed by atoms with van der Waals surface area (Å²) in [5.74, 6) is 0. The number of aliphatic hydroxyl groups excluding tert-OH is 4. The molecule has 11 heteroatoms. The van der Waals surface area contributed by atoms with Crippen LogP contribution in [0, 0.1) is 0 Å². The third-order valence-corrected chi connectivity index (χ3v) is 7.93. The zero-order chi connectivity index (χ0) is 31.6. The quantitative estimate of drug-likeness (QED) is 0.208. The van der Waals surface area contributed by atoms with Crippen molar-refractivity contribution in [2.75, 3.05) is 20.3 Å². The van der Waals surface area contributed by atoms with Gasteiger partial charge in [-0.25, -0.2) is 0 Å². The van der Waals surface area contributed by atoms with Crippen LogP contribution in [0.2, 0.25) is 0 Å². The Morgan fingerprint density at radius 3 is 1.62 bits per heavy atom. The lowest BCUT2D eigenvalue weighted by Gasteiger charge is -2.48. The van der Waals surface area contributed by atoms with Crippen LogP contribution in [0.1, 0.15) is 16.7 Å². The van der Waals surface area contributed by atoms with E-state index in [0.29, 0.717) is 6.61 Å². The average Bonchev–Trinajstić information content (AvgIpc) is 3.08. The first kappa shape index (κ1) is 33.6. The van der Waals surface area contributed by atoms with Gasteiger partial charge in [-0.1, -0.05) is 91.0 Å². The van der Waals surface area contributed by atoms with Gasteiger partial charge in [0, 0.05) is 7.11 Å². The molecule has 0 spiro atoms. The topological polar surface area (TPSA) is 146 Å². The predicted octanol–water partition coefficient (Wildman–Crippen LogP) is 1.93. The molecule has 0 saturated carbocycles. The minimum atomic E-state index is -1.63. The van der Waals surface area contributed by atoms with Crippen molar-refractivity contribution in [3.63, 3.8) is 0 Å². The van der Waals surface area contributed by atoms with Crippen LogP contribution in [0.3, 0.4) is 0 Å². The number of hydrogen-bond acceptors (Lipinski definition) is 11. The summed E-state index contributed by atoms with van der Waals surface area (Å²) in [7, 11) is 1.45. The average molecular weight is 627 g/mol. The molecular weight excluding hydrogens is 584 g/mol. The molecule has 0 aliphatic carbocycles. The van der Waals surface area contributed by atoms with Gasteiger partial charge in [0.2, 0.25) is 0 Å². The second-order valence-corrected chi connectivity index (χ2v) is 11.1. The van der Waals surface area contributed by atoms with Crippen molar-refractivity contribution in [3.8, 4) is 0 Å². The third-order valence-electron chi connectivity index (χ3n) is 7.93. The van der Waals surface area contributed by atoms with Crippen molar-refractivity contribution in [3.05, 3.63) is 108 Å². The SMILES string of the molecule is COC1OC(COCc2ccccc2)C(OCc2ccccc2)C(OCc2ccccc2)C1OC1OC(CO)C(O)C(O)C1O. The molecule has 2 heterocycles. The summed E-state index contributed by atoms with van der Waals surface area (Å²) in [5.41, 5.74) is 2.84. The summed E-state index contributed by atoms with van der Waals surface area (Å²) in [5, 5.41) is 41.2. The van der Waals surface area contributed by atoms with E-state index in [2.05, 4.69) is 0 Å². The minimum absolute atomic E-state index is 0.145. The number of rotatable bonds is 14. The highest BCUT2D eigenvalue weighted by atomic mass is 16.8. The zero-order valence-electron chi connectivity index (χ0n) is 25.1. The Labute approximate surface area is 262 Å². The van der Waals surface area contributed by atoms with Gasteiger partial charge in [-0.15, -0.1) is 0 Å². The van der Waals surface area contributed by atoms with Gasteiger partial charge in [0.25, 0.3) is 0 Å². The first-order valence-corrected chi connectivity index (χ1v) is 15.1. The van der Waals surface area contributed by atoms with Crippen LogP contribution in [-0.4, -0.2) is 102 Å². The Bertz CT molecular complexity index is 1250. The molecular formula is C34H42O11.